The highest BCUT2D eigenvalue weighted by Gasteiger charge is 2.44. The van der Waals surface area contributed by atoms with E-state index in [4.69, 9.17) is 27.9 Å². The first-order chi connectivity index (χ1) is 11.8. The van der Waals surface area contributed by atoms with Crippen molar-refractivity contribution in [3.8, 4) is 0 Å². The molecule has 2 aliphatic rings. The van der Waals surface area contributed by atoms with E-state index in [1.807, 2.05) is 34.6 Å². The van der Waals surface area contributed by atoms with Gasteiger partial charge in [-0.05, 0) is 81.6 Å². The van der Waals surface area contributed by atoms with Crippen LogP contribution in [0.4, 0.5) is 0 Å². The first-order valence-corrected chi connectivity index (χ1v) is 9.75. The van der Waals surface area contributed by atoms with Crippen LogP contribution in [0.5, 0.6) is 0 Å². The lowest BCUT2D eigenvalue weighted by atomic mass is 9.92. The molecule has 2 rings (SSSR count). The van der Waals surface area contributed by atoms with Crippen LogP contribution in [0.3, 0.4) is 0 Å². The predicted octanol–water partition coefficient (Wildman–Crippen LogP) is 3.75. The van der Waals surface area contributed by atoms with Gasteiger partial charge >= 0.3 is 14.6 Å². The summed E-state index contributed by atoms with van der Waals surface area (Å²) in [6.07, 6.45) is 2.44. The predicted molar refractivity (Wildman–Crippen MR) is 102 cm³/mol. The van der Waals surface area contributed by atoms with Crippen LogP contribution in [-0.4, -0.2) is 49.8 Å². The molecule has 0 radical (unpaired) electrons. The Bertz CT molecular complexity index is 471. The first kappa shape index (κ1) is 22.2. The minimum atomic E-state index is -0.669. The van der Waals surface area contributed by atoms with Gasteiger partial charge in [0.25, 0.3) is 0 Å². The van der Waals surface area contributed by atoms with Crippen molar-refractivity contribution >= 4 is 14.6 Å². The van der Waals surface area contributed by atoms with Crippen LogP contribution in [0.15, 0.2) is 0 Å². The molecule has 150 valence electrons. The summed E-state index contributed by atoms with van der Waals surface area (Å²) < 4.78 is 35.4. The average Bonchev–Trinajstić information content (AvgIpc) is 2.30. The van der Waals surface area contributed by atoms with Crippen LogP contribution >= 0.6 is 0 Å². The zero-order chi connectivity index (χ0) is 19.8. The SMILES string of the molecule is C[C@@H]1CC(C)(C)OB(O[C@@H](C)CC(C)(C)OB2O[C@H](C)CC(C)(C)O2)O1. The molecule has 0 amide bonds. The molecule has 2 fully saturated rings. The molecular formula is C18H36B2O6. The minimum Gasteiger partial charge on any atom is -0.383 e. The monoisotopic (exact) mass is 370 g/mol. The zero-order valence-electron chi connectivity index (χ0n) is 18.0. The van der Waals surface area contributed by atoms with Gasteiger partial charge in [-0.1, -0.05) is 0 Å². The zero-order valence-corrected chi connectivity index (χ0v) is 18.0. The maximum Gasteiger partial charge on any atom is 0.640 e. The van der Waals surface area contributed by atoms with E-state index in [-0.39, 0.29) is 29.5 Å². The van der Waals surface area contributed by atoms with E-state index < -0.39 is 20.2 Å². The maximum absolute atomic E-state index is 6.10. The molecule has 0 aromatic carbocycles. The van der Waals surface area contributed by atoms with Gasteiger partial charge in [-0.15, -0.1) is 0 Å². The summed E-state index contributed by atoms with van der Waals surface area (Å²) >= 11 is 0. The topological polar surface area (TPSA) is 55.4 Å². The van der Waals surface area contributed by atoms with E-state index in [2.05, 4.69) is 27.7 Å². The fourth-order valence-corrected chi connectivity index (χ4v) is 3.88. The molecular weight excluding hydrogens is 334 g/mol. The van der Waals surface area contributed by atoms with Gasteiger partial charge in [-0.25, -0.2) is 0 Å². The van der Waals surface area contributed by atoms with Crippen LogP contribution in [0.2, 0.25) is 0 Å². The Hall–Kier alpha value is -0.110. The van der Waals surface area contributed by atoms with Crippen molar-refractivity contribution < 1.29 is 27.9 Å². The molecule has 0 N–H and O–H groups in total. The van der Waals surface area contributed by atoms with Crippen molar-refractivity contribution in [3.63, 3.8) is 0 Å². The molecule has 0 saturated carbocycles. The van der Waals surface area contributed by atoms with Crippen molar-refractivity contribution in [1.29, 1.82) is 0 Å². The fraction of sp³-hybridized carbons (Fsp3) is 1.00. The summed E-state index contributed by atoms with van der Waals surface area (Å²) in [5.41, 5.74) is -0.987. The van der Waals surface area contributed by atoms with Crippen molar-refractivity contribution in [2.45, 2.75) is 117 Å². The van der Waals surface area contributed by atoms with E-state index in [1.165, 1.54) is 0 Å². The molecule has 3 atom stereocenters. The van der Waals surface area contributed by atoms with Gasteiger partial charge < -0.3 is 27.9 Å². The van der Waals surface area contributed by atoms with Gasteiger partial charge in [-0.3, -0.25) is 0 Å². The molecule has 2 saturated heterocycles. The molecule has 0 aromatic heterocycles. The molecule has 26 heavy (non-hydrogen) atoms. The molecule has 0 bridgehead atoms. The van der Waals surface area contributed by atoms with Crippen molar-refractivity contribution in [1.82, 2.24) is 0 Å². The molecule has 6 nitrogen and oxygen atoms in total. The highest BCUT2D eigenvalue weighted by atomic mass is 16.8. The van der Waals surface area contributed by atoms with Gasteiger partial charge in [0.1, 0.15) is 0 Å². The smallest absolute Gasteiger partial charge is 0.383 e. The van der Waals surface area contributed by atoms with Crippen LogP contribution in [-0.2, 0) is 27.9 Å². The number of rotatable bonds is 6. The van der Waals surface area contributed by atoms with Crippen molar-refractivity contribution in [2.75, 3.05) is 0 Å². The fourth-order valence-electron chi connectivity index (χ4n) is 3.88. The summed E-state index contributed by atoms with van der Waals surface area (Å²) in [7, 11) is -1.32. The van der Waals surface area contributed by atoms with E-state index in [9.17, 15) is 0 Å². The van der Waals surface area contributed by atoms with E-state index in [1.54, 1.807) is 0 Å². The van der Waals surface area contributed by atoms with Crippen LogP contribution in [0.1, 0.15) is 81.6 Å². The molecule has 0 aliphatic carbocycles. The molecule has 2 heterocycles. The van der Waals surface area contributed by atoms with E-state index in [0.29, 0.717) is 6.42 Å². The molecule has 0 spiro atoms. The van der Waals surface area contributed by atoms with Gasteiger partial charge in [0, 0.05) is 18.3 Å². The summed E-state index contributed by atoms with van der Waals surface area (Å²) in [6.45, 7) is 18.3. The Balaban J connectivity index is 1.85. The van der Waals surface area contributed by atoms with Gasteiger partial charge in [-0.2, -0.15) is 0 Å². The highest BCUT2D eigenvalue weighted by molar-refractivity contribution is 6.37. The normalized spacial score (nSPS) is 30.3. The van der Waals surface area contributed by atoms with Crippen LogP contribution < -0.4 is 0 Å². The van der Waals surface area contributed by atoms with Crippen LogP contribution in [0, 0.1) is 0 Å². The molecule has 0 unspecified atom stereocenters. The third-order valence-electron chi connectivity index (χ3n) is 4.61. The molecule has 0 aromatic rings. The highest BCUT2D eigenvalue weighted by Crippen LogP contribution is 2.31. The maximum atomic E-state index is 6.10. The number of hydrogen-bond acceptors (Lipinski definition) is 6. The van der Waals surface area contributed by atoms with Gasteiger partial charge in [0.05, 0.1) is 16.8 Å². The van der Waals surface area contributed by atoms with E-state index >= 15 is 0 Å². The second-order valence-corrected chi connectivity index (χ2v) is 9.66. The van der Waals surface area contributed by atoms with Crippen LogP contribution in [0.25, 0.3) is 0 Å². The van der Waals surface area contributed by atoms with Crippen molar-refractivity contribution in [3.05, 3.63) is 0 Å². The standard InChI is InChI=1S/C18H36B2O6/c1-13-10-16(4,5)24-19(21-13)22-14(2)11-17(6,7)25-20-23-15(3)12-18(8,9)26-20/h13-15H,10-12H2,1-9H3/t13-,14+,15-/m1/s1. The van der Waals surface area contributed by atoms with Gasteiger partial charge in [0.15, 0.2) is 0 Å². The Kier molecular flexibility index (Phi) is 6.91. The summed E-state index contributed by atoms with van der Waals surface area (Å²) in [5, 5.41) is 0. The third kappa shape index (κ3) is 7.13. The molecule has 2 aliphatic heterocycles. The average molecular weight is 370 g/mol. The lowest BCUT2D eigenvalue weighted by Gasteiger charge is -2.41. The second kappa shape index (κ2) is 8.10. The summed E-state index contributed by atoms with van der Waals surface area (Å²) in [6, 6.07) is 0. The van der Waals surface area contributed by atoms with Crippen molar-refractivity contribution in [2.24, 2.45) is 0 Å². The largest absolute Gasteiger partial charge is 0.640 e. The van der Waals surface area contributed by atoms with Gasteiger partial charge in [0.2, 0.25) is 0 Å². The Morgan fingerprint density at radius 2 is 1.42 bits per heavy atom. The third-order valence-corrected chi connectivity index (χ3v) is 4.61. The Morgan fingerprint density at radius 3 is 1.92 bits per heavy atom. The summed E-state index contributed by atoms with van der Waals surface area (Å²) in [5.74, 6) is 0. The number of hydrogen-bond donors (Lipinski definition) is 0. The second-order valence-electron chi connectivity index (χ2n) is 9.66. The first-order valence-electron chi connectivity index (χ1n) is 9.75. The minimum absolute atomic E-state index is 0.0981. The Morgan fingerprint density at radius 1 is 0.962 bits per heavy atom. The Labute approximate surface area is 159 Å². The lowest BCUT2D eigenvalue weighted by molar-refractivity contribution is -0.105. The lowest BCUT2D eigenvalue weighted by Crippen LogP contribution is -2.51. The van der Waals surface area contributed by atoms with E-state index in [0.717, 1.165) is 12.8 Å². The molecule has 8 heteroatoms. The quantitative estimate of drug-likeness (QED) is 0.664. The summed E-state index contributed by atoms with van der Waals surface area (Å²) in [4.78, 5) is 0.